The van der Waals surface area contributed by atoms with Crippen molar-refractivity contribution in [3.05, 3.63) is 83.4 Å². The van der Waals surface area contributed by atoms with Crippen molar-refractivity contribution in [2.45, 2.75) is 24.9 Å². The van der Waals surface area contributed by atoms with Crippen LogP contribution in [0, 0.1) is 5.41 Å². The van der Waals surface area contributed by atoms with Gasteiger partial charge in [0.15, 0.2) is 0 Å². The van der Waals surface area contributed by atoms with Gasteiger partial charge >= 0.3 is 12.0 Å². The van der Waals surface area contributed by atoms with Gasteiger partial charge in [-0.3, -0.25) is 24.7 Å². The number of hydrogen-bond donors (Lipinski definition) is 5. The number of hydrogen-bond acceptors (Lipinski definition) is 5. The molecule has 0 aromatic heterocycles. The Morgan fingerprint density at radius 3 is 2.42 bits per heavy atom. The molecule has 10 heteroatoms. The molecule has 10 nitrogen and oxygen atoms in total. The highest BCUT2D eigenvalue weighted by Gasteiger charge is 2.49. The summed E-state index contributed by atoms with van der Waals surface area (Å²) in [6, 6.07) is 17.5. The lowest BCUT2D eigenvalue weighted by Crippen LogP contribution is -2.44. The molecule has 184 valence electrons. The number of fused-ring (bicyclic) bond motifs is 1. The molecule has 0 bridgehead atoms. The van der Waals surface area contributed by atoms with E-state index in [-0.39, 0.29) is 12.3 Å². The van der Waals surface area contributed by atoms with Gasteiger partial charge in [0.1, 0.15) is 17.9 Å². The number of nitrogens with zero attached hydrogens (tertiary/aromatic N) is 1. The first-order chi connectivity index (χ1) is 17.1. The fraction of sp³-hybridized carbons (Fsp3) is 0.192. The van der Waals surface area contributed by atoms with Gasteiger partial charge < -0.3 is 21.5 Å². The average molecular weight is 488 g/mol. The van der Waals surface area contributed by atoms with Crippen molar-refractivity contribution in [1.82, 2.24) is 15.5 Å². The Morgan fingerprint density at radius 1 is 1.08 bits per heavy atom. The van der Waals surface area contributed by atoms with Gasteiger partial charge in [0.25, 0.3) is 5.91 Å². The van der Waals surface area contributed by atoms with E-state index in [1.54, 1.807) is 36.4 Å². The molecule has 1 aliphatic rings. The molecule has 0 spiro atoms. The zero-order chi connectivity index (χ0) is 26.0. The largest absolute Gasteiger partial charge is 0.481 e. The molecule has 36 heavy (non-hydrogen) atoms. The van der Waals surface area contributed by atoms with Crippen molar-refractivity contribution in [2.75, 3.05) is 6.54 Å². The number of carboxylic acid groups (broad SMARTS) is 1. The second-order valence-corrected chi connectivity index (χ2v) is 8.72. The van der Waals surface area contributed by atoms with E-state index < -0.39 is 41.9 Å². The second-order valence-electron chi connectivity index (χ2n) is 8.72. The lowest BCUT2D eigenvalue weighted by molar-refractivity contribution is -0.138. The molecule has 4 amide bonds. The number of nitrogens with one attached hydrogen (secondary N) is 3. The number of imide groups is 1. The molecule has 0 radical (unpaired) electrons. The van der Waals surface area contributed by atoms with Crippen LogP contribution >= 0.6 is 0 Å². The number of carbonyl (C=O) groups is 4. The van der Waals surface area contributed by atoms with Crippen LogP contribution in [0.15, 0.2) is 66.7 Å². The Hall–Kier alpha value is -4.73. The predicted octanol–water partition coefficient (Wildman–Crippen LogP) is 2.22. The number of amidine groups is 1. The first-order valence-corrected chi connectivity index (χ1v) is 11.2. The highest BCUT2D eigenvalue weighted by molar-refractivity contribution is 6.09. The molecule has 2 unspecified atom stereocenters. The summed E-state index contributed by atoms with van der Waals surface area (Å²) in [5.41, 5.74) is 5.62. The number of urea groups is 1. The van der Waals surface area contributed by atoms with Gasteiger partial charge in [-0.25, -0.2) is 4.79 Å². The maximum atomic E-state index is 13.2. The number of benzene rings is 3. The Labute approximate surface area is 206 Å². The van der Waals surface area contributed by atoms with Crippen LogP contribution in [0.2, 0.25) is 0 Å². The van der Waals surface area contributed by atoms with E-state index in [0.717, 1.165) is 15.7 Å². The first kappa shape index (κ1) is 24.4. The van der Waals surface area contributed by atoms with Gasteiger partial charge in [-0.2, -0.15) is 0 Å². The molecule has 4 rings (SSSR count). The lowest BCUT2D eigenvalue weighted by Gasteiger charge is -2.23. The predicted molar refractivity (Wildman–Crippen MR) is 132 cm³/mol. The zero-order valence-corrected chi connectivity index (χ0v) is 19.4. The molecular weight excluding hydrogens is 462 g/mol. The van der Waals surface area contributed by atoms with E-state index in [1.807, 2.05) is 30.3 Å². The molecule has 1 heterocycles. The minimum Gasteiger partial charge on any atom is -0.481 e. The number of nitrogen functional groups attached to an aromatic ring is 1. The average Bonchev–Trinajstić information content (AvgIpc) is 3.06. The highest BCUT2D eigenvalue weighted by Crippen LogP contribution is 2.30. The Balaban J connectivity index is 1.54. The van der Waals surface area contributed by atoms with Crippen LogP contribution in [0.4, 0.5) is 4.79 Å². The molecule has 0 saturated carbocycles. The molecule has 1 fully saturated rings. The second kappa shape index (κ2) is 9.49. The highest BCUT2D eigenvalue weighted by atomic mass is 16.4. The summed E-state index contributed by atoms with van der Waals surface area (Å²) >= 11 is 0. The van der Waals surface area contributed by atoms with Crippen molar-refractivity contribution < 1.29 is 24.3 Å². The van der Waals surface area contributed by atoms with Gasteiger partial charge in [0, 0.05) is 5.56 Å². The third kappa shape index (κ3) is 4.61. The quantitative estimate of drug-likeness (QED) is 0.186. The van der Waals surface area contributed by atoms with E-state index in [9.17, 15) is 24.3 Å². The monoisotopic (exact) mass is 487 g/mol. The number of carbonyl (C=O) groups excluding carboxylic acids is 3. The van der Waals surface area contributed by atoms with Crippen LogP contribution in [0.1, 0.15) is 36.1 Å². The number of amides is 4. The smallest absolute Gasteiger partial charge is 0.325 e. The number of aliphatic carboxylic acids is 1. The van der Waals surface area contributed by atoms with Gasteiger partial charge in [-0.15, -0.1) is 0 Å². The lowest BCUT2D eigenvalue weighted by atomic mass is 9.91. The van der Waals surface area contributed by atoms with Crippen LogP contribution in [0.25, 0.3) is 10.8 Å². The molecule has 3 aromatic carbocycles. The van der Waals surface area contributed by atoms with Crippen LogP contribution in [-0.2, 0) is 19.9 Å². The molecule has 1 saturated heterocycles. The van der Waals surface area contributed by atoms with E-state index in [4.69, 9.17) is 11.1 Å². The standard InChI is InChI=1S/C26H25N5O5/c1-26(17-11-9-16(10-12-17)23(27)28)24(35)31(25(36)30-26)14-21(32)29-20(13-22(33)34)19-8-4-6-15-5-2-3-7-18(15)19/h2-12,20H,13-14H2,1H3,(H3,27,28)(H,29,32)(H,30,36)(H,33,34). The van der Waals surface area contributed by atoms with Crippen molar-refractivity contribution in [3.63, 3.8) is 0 Å². The third-order valence-electron chi connectivity index (χ3n) is 6.26. The number of rotatable bonds is 8. The number of carboxylic acids is 1. The van der Waals surface area contributed by atoms with E-state index in [2.05, 4.69) is 10.6 Å². The molecular formula is C26H25N5O5. The fourth-order valence-electron chi connectivity index (χ4n) is 4.37. The zero-order valence-electron chi connectivity index (χ0n) is 19.4. The molecule has 0 aliphatic carbocycles. The molecule has 1 aliphatic heterocycles. The topological polar surface area (TPSA) is 166 Å². The van der Waals surface area contributed by atoms with E-state index in [0.29, 0.717) is 16.7 Å². The SMILES string of the molecule is CC1(c2ccc(C(=N)N)cc2)NC(=O)N(CC(=O)NC(CC(=O)O)c2cccc3ccccc23)C1=O. The van der Waals surface area contributed by atoms with Crippen LogP contribution in [-0.4, -0.2) is 46.2 Å². The van der Waals surface area contributed by atoms with Gasteiger partial charge in [-0.05, 0) is 28.8 Å². The summed E-state index contributed by atoms with van der Waals surface area (Å²) in [4.78, 5) is 51.2. The van der Waals surface area contributed by atoms with E-state index in [1.165, 1.54) is 6.92 Å². The van der Waals surface area contributed by atoms with Crippen LogP contribution in [0.5, 0.6) is 0 Å². The maximum Gasteiger partial charge on any atom is 0.325 e. The molecule has 3 aromatic rings. The summed E-state index contributed by atoms with van der Waals surface area (Å²) in [7, 11) is 0. The normalized spacial score (nSPS) is 18.1. The fourth-order valence-corrected chi connectivity index (χ4v) is 4.37. The van der Waals surface area contributed by atoms with Gasteiger partial charge in [-0.1, -0.05) is 66.7 Å². The van der Waals surface area contributed by atoms with Crippen molar-refractivity contribution >= 4 is 40.4 Å². The molecule has 6 N–H and O–H groups in total. The van der Waals surface area contributed by atoms with Gasteiger partial charge in [0.2, 0.25) is 5.91 Å². The summed E-state index contributed by atoms with van der Waals surface area (Å²) in [5.74, 6) is -2.54. The van der Waals surface area contributed by atoms with Crippen LogP contribution < -0.4 is 16.4 Å². The minimum atomic E-state index is -1.41. The summed E-state index contributed by atoms with van der Waals surface area (Å²) < 4.78 is 0. The van der Waals surface area contributed by atoms with Crippen molar-refractivity contribution in [3.8, 4) is 0 Å². The molecule has 2 atom stereocenters. The summed E-state index contributed by atoms with van der Waals surface area (Å²) in [6.45, 7) is 0.948. The third-order valence-corrected chi connectivity index (χ3v) is 6.26. The van der Waals surface area contributed by atoms with E-state index >= 15 is 0 Å². The Kier molecular flexibility index (Phi) is 6.43. The van der Waals surface area contributed by atoms with Crippen molar-refractivity contribution in [1.29, 1.82) is 5.41 Å². The Morgan fingerprint density at radius 2 is 1.75 bits per heavy atom. The summed E-state index contributed by atoms with van der Waals surface area (Å²) in [5, 5.41) is 23.9. The Bertz CT molecular complexity index is 1380. The number of nitrogens with two attached hydrogens (primary N) is 1. The van der Waals surface area contributed by atoms with Crippen molar-refractivity contribution in [2.24, 2.45) is 5.73 Å². The maximum absolute atomic E-state index is 13.2. The first-order valence-electron chi connectivity index (χ1n) is 11.2. The minimum absolute atomic E-state index is 0.131. The van der Waals surface area contributed by atoms with Gasteiger partial charge in [0.05, 0.1) is 12.5 Å². The van der Waals surface area contributed by atoms with Crippen LogP contribution in [0.3, 0.4) is 0 Å². The summed E-state index contributed by atoms with van der Waals surface area (Å²) in [6.07, 6.45) is -0.375.